The molecule has 0 atom stereocenters. The first-order valence-electron chi connectivity index (χ1n) is 6.80. The van der Waals surface area contributed by atoms with E-state index in [2.05, 4.69) is 54.5 Å². The minimum Gasteiger partial charge on any atom is -0.361 e. The largest absolute Gasteiger partial charge is 0.361 e. The molecule has 1 N–H and O–H groups in total. The van der Waals surface area contributed by atoms with E-state index >= 15 is 0 Å². The van der Waals surface area contributed by atoms with E-state index in [-0.39, 0.29) is 0 Å². The van der Waals surface area contributed by atoms with Gasteiger partial charge in [0, 0.05) is 27.7 Å². The molecule has 0 saturated heterocycles. The number of hydrogen-bond donors (Lipinski definition) is 1. The van der Waals surface area contributed by atoms with Gasteiger partial charge in [0.15, 0.2) is 0 Å². The second-order valence-electron chi connectivity index (χ2n) is 4.82. The number of fused-ring (bicyclic) bond motifs is 1. The number of aromatic amines is 1. The van der Waals surface area contributed by atoms with Gasteiger partial charge in [0.05, 0.1) is 0 Å². The summed E-state index contributed by atoms with van der Waals surface area (Å²) in [4.78, 5) is 3.31. The molecule has 0 aliphatic carbocycles. The van der Waals surface area contributed by atoms with Crippen LogP contribution in [0.5, 0.6) is 0 Å². The summed E-state index contributed by atoms with van der Waals surface area (Å²) in [6, 6.07) is 16.4. The summed E-state index contributed by atoms with van der Waals surface area (Å²) in [6.07, 6.45) is 5.31. The number of hydrogen-bond acceptors (Lipinski definition) is 0. The van der Waals surface area contributed by atoms with Gasteiger partial charge in [0.25, 0.3) is 0 Å². The highest BCUT2D eigenvalue weighted by Gasteiger charge is 2.04. The van der Waals surface area contributed by atoms with Gasteiger partial charge in [-0.2, -0.15) is 0 Å². The Balaban J connectivity index is 2.06. The predicted molar refractivity (Wildman–Crippen MR) is 87.9 cm³/mol. The van der Waals surface area contributed by atoms with E-state index in [1.165, 1.54) is 27.6 Å². The smallest absolute Gasteiger partial charge is 0.0460 e. The number of benzene rings is 2. The molecule has 3 aromatic rings. The molecular formula is C18H16ClN. The second kappa shape index (κ2) is 5.56. The lowest BCUT2D eigenvalue weighted by Gasteiger charge is -2.05. The summed E-state index contributed by atoms with van der Waals surface area (Å²) >= 11 is 5.96. The van der Waals surface area contributed by atoms with Crippen LogP contribution in [0.25, 0.3) is 22.6 Å². The van der Waals surface area contributed by atoms with Crippen LogP contribution >= 0.6 is 11.6 Å². The number of nitrogens with one attached hydrogen (secondary N) is 1. The third kappa shape index (κ3) is 2.50. The van der Waals surface area contributed by atoms with Gasteiger partial charge in [-0.25, -0.2) is 0 Å². The van der Waals surface area contributed by atoms with E-state index < -0.39 is 0 Å². The SMILES string of the molecule is CCC(=Cc1c[nH]c2ccccc12)c1ccc(Cl)cc1. The maximum Gasteiger partial charge on any atom is 0.0460 e. The van der Waals surface area contributed by atoms with Gasteiger partial charge >= 0.3 is 0 Å². The molecule has 2 aromatic carbocycles. The summed E-state index contributed by atoms with van der Waals surface area (Å²) in [7, 11) is 0. The number of halogens is 1. The molecule has 0 saturated carbocycles. The van der Waals surface area contributed by atoms with Crippen molar-refractivity contribution in [3.8, 4) is 0 Å². The fourth-order valence-electron chi connectivity index (χ4n) is 2.45. The molecule has 0 unspecified atom stereocenters. The van der Waals surface area contributed by atoms with Crippen molar-refractivity contribution in [1.29, 1.82) is 0 Å². The molecule has 0 bridgehead atoms. The van der Waals surface area contributed by atoms with Crippen molar-refractivity contribution in [1.82, 2.24) is 4.98 Å². The molecular weight excluding hydrogens is 266 g/mol. The zero-order chi connectivity index (χ0) is 13.9. The van der Waals surface area contributed by atoms with Gasteiger partial charge in [0.2, 0.25) is 0 Å². The lowest BCUT2D eigenvalue weighted by Crippen LogP contribution is -1.82. The Hall–Kier alpha value is -1.99. The van der Waals surface area contributed by atoms with Crippen LogP contribution in [-0.4, -0.2) is 4.98 Å². The van der Waals surface area contributed by atoms with Crippen molar-refractivity contribution >= 4 is 34.2 Å². The van der Waals surface area contributed by atoms with Crippen LogP contribution in [0.4, 0.5) is 0 Å². The number of allylic oxidation sites excluding steroid dienone is 1. The van der Waals surface area contributed by atoms with Gasteiger partial charge in [-0.3, -0.25) is 0 Å². The molecule has 0 aliphatic heterocycles. The summed E-state index contributed by atoms with van der Waals surface area (Å²) in [5, 5.41) is 2.03. The molecule has 2 heteroatoms. The van der Waals surface area contributed by atoms with E-state index in [1.807, 2.05) is 18.2 Å². The molecule has 20 heavy (non-hydrogen) atoms. The van der Waals surface area contributed by atoms with Gasteiger partial charge in [-0.15, -0.1) is 0 Å². The highest BCUT2D eigenvalue weighted by atomic mass is 35.5. The Bertz CT molecular complexity index is 750. The van der Waals surface area contributed by atoms with Gasteiger partial charge < -0.3 is 4.98 Å². The monoisotopic (exact) mass is 281 g/mol. The molecule has 100 valence electrons. The van der Waals surface area contributed by atoms with Crippen LogP contribution in [-0.2, 0) is 0 Å². The Morgan fingerprint density at radius 1 is 1.10 bits per heavy atom. The molecule has 0 spiro atoms. The minimum absolute atomic E-state index is 0.774. The molecule has 0 aliphatic rings. The minimum atomic E-state index is 0.774. The zero-order valence-electron chi connectivity index (χ0n) is 11.4. The fourth-order valence-corrected chi connectivity index (χ4v) is 2.58. The molecule has 0 amide bonds. The van der Waals surface area contributed by atoms with Gasteiger partial charge in [0.1, 0.15) is 0 Å². The first kappa shape index (κ1) is 13.0. The number of para-hydroxylation sites is 1. The Labute approximate surface area is 123 Å². The standard InChI is InChI=1S/C18H16ClN/c1-2-13(14-7-9-16(19)10-8-14)11-15-12-20-18-6-4-3-5-17(15)18/h3-12,20H,2H2,1H3. The van der Waals surface area contributed by atoms with Crippen molar-refractivity contribution in [3.05, 3.63) is 70.9 Å². The average molecular weight is 282 g/mol. The van der Waals surface area contributed by atoms with E-state index in [0.29, 0.717) is 0 Å². The topological polar surface area (TPSA) is 15.8 Å². The van der Waals surface area contributed by atoms with Gasteiger partial charge in [-0.05, 0) is 41.8 Å². The van der Waals surface area contributed by atoms with E-state index in [4.69, 9.17) is 11.6 Å². The molecule has 3 rings (SSSR count). The predicted octanol–water partition coefficient (Wildman–Crippen LogP) is 5.77. The third-order valence-electron chi connectivity index (χ3n) is 3.55. The fraction of sp³-hybridized carbons (Fsp3) is 0.111. The van der Waals surface area contributed by atoms with Crippen molar-refractivity contribution in [2.45, 2.75) is 13.3 Å². The Morgan fingerprint density at radius 3 is 2.60 bits per heavy atom. The average Bonchev–Trinajstić information content (AvgIpc) is 2.89. The van der Waals surface area contributed by atoms with Crippen LogP contribution in [0, 0.1) is 0 Å². The van der Waals surface area contributed by atoms with Crippen molar-refractivity contribution < 1.29 is 0 Å². The number of aromatic nitrogens is 1. The van der Waals surface area contributed by atoms with Crippen molar-refractivity contribution in [2.75, 3.05) is 0 Å². The zero-order valence-corrected chi connectivity index (χ0v) is 12.1. The number of rotatable bonds is 3. The molecule has 0 radical (unpaired) electrons. The molecule has 1 nitrogen and oxygen atoms in total. The first-order valence-corrected chi connectivity index (χ1v) is 7.18. The van der Waals surface area contributed by atoms with E-state index in [9.17, 15) is 0 Å². The van der Waals surface area contributed by atoms with Crippen molar-refractivity contribution in [3.63, 3.8) is 0 Å². The summed E-state index contributed by atoms with van der Waals surface area (Å²) in [5.74, 6) is 0. The van der Waals surface area contributed by atoms with Crippen molar-refractivity contribution in [2.24, 2.45) is 0 Å². The lowest BCUT2D eigenvalue weighted by atomic mass is 10.0. The molecule has 1 aromatic heterocycles. The quantitative estimate of drug-likeness (QED) is 0.627. The van der Waals surface area contributed by atoms with Crippen LogP contribution in [0.1, 0.15) is 24.5 Å². The first-order chi connectivity index (χ1) is 9.78. The normalized spacial score (nSPS) is 12.0. The highest BCUT2D eigenvalue weighted by Crippen LogP contribution is 2.26. The third-order valence-corrected chi connectivity index (χ3v) is 3.80. The maximum atomic E-state index is 5.96. The van der Waals surface area contributed by atoms with Crippen LogP contribution in [0.3, 0.4) is 0 Å². The highest BCUT2D eigenvalue weighted by molar-refractivity contribution is 6.30. The maximum absolute atomic E-state index is 5.96. The number of H-pyrrole nitrogens is 1. The molecule has 0 fully saturated rings. The van der Waals surface area contributed by atoms with Crippen LogP contribution < -0.4 is 0 Å². The Kier molecular flexibility index (Phi) is 3.62. The molecule has 1 heterocycles. The van der Waals surface area contributed by atoms with E-state index in [0.717, 1.165) is 11.4 Å². The van der Waals surface area contributed by atoms with Gasteiger partial charge in [-0.1, -0.05) is 48.9 Å². The van der Waals surface area contributed by atoms with E-state index in [1.54, 1.807) is 0 Å². The second-order valence-corrected chi connectivity index (χ2v) is 5.26. The Morgan fingerprint density at radius 2 is 1.85 bits per heavy atom. The van der Waals surface area contributed by atoms with Crippen LogP contribution in [0.15, 0.2) is 54.7 Å². The lowest BCUT2D eigenvalue weighted by molar-refractivity contribution is 1.25. The summed E-state index contributed by atoms with van der Waals surface area (Å²) in [6.45, 7) is 2.18. The van der Waals surface area contributed by atoms with Crippen LogP contribution in [0.2, 0.25) is 5.02 Å². The summed E-state index contributed by atoms with van der Waals surface area (Å²) < 4.78 is 0. The summed E-state index contributed by atoms with van der Waals surface area (Å²) in [5.41, 5.74) is 4.94.